The zero-order chi connectivity index (χ0) is 18.0. The van der Waals surface area contributed by atoms with Crippen LogP contribution in [0, 0.1) is 17.0 Å². The number of benzene rings is 2. The maximum Gasteiger partial charge on any atom is 0.336 e. The molecule has 0 fully saturated rings. The predicted octanol–water partition coefficient (Wildman–Crippen LogP) is 3.63. The zero-order valence-corrected chi connectivity index (χ0v) is 13.7. The van der Waals surface area contributed by atoms with Gasteiger partial charge >= 0.3 is 5.63 Å². The molecule has 1 aromatic heterocycles. The molecule has 1 heterocycles. The molecule has 0 amide bonds. The third kappa shape index (κ3) is 3.30. The SMILES string of the molecule is COc1ccc2c(CNc3cccc([N+](=O)[O-])c3C)cc(=O)oc2c1. The smallest absolute Gasteiger partial charge is 0.336 e. The first-order valence-electron chi connectivity index (χ1n) is 7.58. The summed E-state index contributed by atoms with van der Waals surface area (Å²) in [6.45, 7) is 2.01. The quantitative estimate of drug-likeness (QED) is 0.433. The maximum absolute atomic E-state index is 11.8. The number of hydrogen-bond acceptors (Lipinski definition) is 6. The van der Waals surface area contributed by atoms with Crippen LogP contribution in [0.25, 0.3) is 11.0 Å². The Bertz CT molecular complexity index is 1010. The van der Waals surface area contributed by atoms with Gasteiger partial charge < -0.3 is 14.5 Å². The predicted molar refractivity (Wildman–Crippen MR) is 94.2 cm³/mol. The van der Waals surface area contributed by atoms with Gasteiger partial charge in [0.05, 0.1) is 12.0 Å². The van der Waals surface area contributed by atoms with Crippen LogP contribution in [0.5, 0.6) is 5.75 Å². The van der Waals surface area contributed by atoms with E-state index in [1.807, 2.05) is 6.07 Å². The Hall–Kier alpha value is -3.35. The molecule has 1 N–H and O–H groups in total. The molecule has 7 heteroatoms. The second-order valence-corrected chi connectivity index (χ2v) is 5.51. The number of nitro groups is 1. The van der Waals surface area contributed by atoms with Gasteiger partial charge in [-0.2, -0.15) is 0 Å². The Morgan fingerprint density at radius 2 is 2.04 bits per heavy atom. The van der Waals surface area contributed by atoms with Gasteiger partial charge in [-0.1, -0.05) is 6.07 Å². The minimum Gasteiger partial charge on any atom is -0.497 e. The summed E-state index contributed by atoms with van der Waals surface area (Å²) >= 11 is 0. The van der Waals surface area contributed by atoms with Crippen LogP contribution in [-0.2, 0) is 6.54 Å². The number of rotatable bonds is 5. The van der Waals surface area contributed by atoms with Gasteiger partial charge in [0, 0.05) is 41.4 Å². The number of fused-ring (bicyclic) bond motifs is 1. The van der Waals surface area contributed by atoms with E-state index in [0.717, 1.165) is 10.9 Å². The first-order chi connectivity index (χ1) is 12.0. The highest BCUT2D eigenvalue weighted by Crippen LogP contribution is 2.27. The van der Waals surface area contributed by atoms with Gasteiger partial charge in [0.2, 0.25) is 0 Å². The highest BCUT2D eigenvalue weighted by atomic mass is 16.6. The van der Waals surface area contributed by atoms with Crippen molar-refractivity contribution >= 4 is 22.3 Å². The number of methoxy groups -OCH3 is 1. The number of hydrogen-bond donors (Lipinski definition) is 1. The fourth-order valence-electron chi connectivity index (χ4n) is 2.69. The van der Waals surface area contributed by atoms with E-state index in [4.69, 9.17) is 9.15 Å². The summed E-state index contributed by atoms with van der Waals surface area (Å²) in [5.74, 6) is 0.593. The highest BCUT2D eigenvalue weighted by Gasteiger charge is 2.13. The third-order valence-electron chi connectivity index (χ3n) is 4.01. The van der Waals surface area contributed by atoms with Crippen molar-refractivity contribution in [3.63, 3.8) is 0 Å². The standard InChI is InChI=1S/C18H16N2O5/c1-11-15(4-3-5-16(11)20(22)23)19-10-12-8-18(21)25-17-9-13(24-2)6-7-14(12)17/h3-9,19H,10H2,1-2H3. The van der Waals surface area contributed by atoms with Crippen LogP contribution in [0.4, 0.5) is 11.4 Å². The molecule has 0 aliphatic rings. The lowest BCUT2D eigenvalue weighted by atomic mass is 10.1. The molecule has 25 heavy (non-hydrogen) atoms. The molecule has 0 aliphatic heterocycles. The van der Waals surface area contributed by atoms with Crippen molar-refractivity contribution < 1.29 is 14.1 Å². The lowest BCUT2D eigenvalue weighted by molar-refractivity contribution is -0.385. The molecule has 0 bridgehead atoms. The first kappa shape index (κ1) is 16.5. The van der Waals surface area contributed by atoms with Crippen molar-refractivity contribution in [2.45, 2.75) is 13.5 Å². The number of nitro benzene ring substituents is 1. The lowest BCUT2D eigenvalue weighted by Crippen LogP contribution is -2.07. The summed E-state index contributed by atoms with van der Waals surface area (Å²) in [6, 6.07) is 11.5. The summed E-state index contributed by atoms with van der Waals surface area (Å²) in [7, 11) is 1.54. The molecule has 0 saturated carbocycles. The molecule has 0 aliphatic carbocycles. The summed E-state index contributed by atoms with van der Waals surface area (Å²) < 4.78 is 10.4. The molecule has 3 aromatic rings. The Balaban J connectivity index is 1.95. The summed E-state index contributed by atoms with van der Waals surface area (Å²) in [5.41, 5.74) is 1.94. The van der Waals surface area contributed by atoms with E-state index in [0.29, 0.717) is 29.1 Å². The van der Waals surface area contributed by atoms with Crippen LogP contribution in [0.15, 0.2) is 51.7 Å². The molecular weight excluding hydrogens is 324 g/mol. The molecule has 0 atom stereocenters. The highest BCUT2D eigenvalue weighted by molar-refractivity contribution is 5.81. The van der Waals surface area contributed by atoms with E-state index >= 15 is 0 Å². The average molecular weight is 340 g/mol. The summed E-state index contributed by atoms with van der Waals surface area (Å²) in [4.78, 5) is 22.4. The molecule has 128 valence electrons. The fraction of sp³-hybridized carbons (Fsp3) is 0.167. The van der Waals surface area contributed by atoms with E-state index in [9.17, 15) is 14.9 Å². The Morgan fingerprint density at radius 3 is 2.76 bits per heavy atom. The maximum atomic E-state index is 11.8. The molecule has 3 rings (SSSR count). The summed E-state index contributed by atoms with van der Waals surface area (Å²) in [6.07, 6.45) is 0. The molecule has 0 unspecified atom stereocenters. The van der Waals surface area contributed by atoms with Crippen molar-refractivity contribution in [1.82, 2.24) is 0 Å². The minimum atomic E-state index is -0.465. The van der Waals surface area contributed by atoms with E-state index < -0.39 is 10.5 Å². The Labute approximate surface area is 143 Å². The molecule has 7 nitrogen and oxygen atoms in total. The monoisotopic (exact) mass is 340 g/mol. The van der Waals surface area contributed by atoms with Gasteiger partial charge in [-0.3, -0.25) is 10.1 Å². The second-order valence-electron chi connectivity index (χ2n) is 5.51. The Morgan fingerprint density at radius 1 is 1.24 bits per heavy atom. The number of nitrogens with zero attached hydrogens (tertiary/aromatic N) is 1. The normalized spacial score (nSPS) is 10.6. The van der Waals surface area contributed by atoms with Gasteiger partial charge in [-0.05, 0) is 30.7 Å². The van der Waals surface area contributed by atoms with E-state index in [1.54, 1.807) is 31.2 Å². The molecule has 2 aromatic carbocycles. The molecule has 0 saturated heterocycles. The van der Waals surface area contributed by atoms with Gasteiger partial charge in [-0.15, -0.1) is 0 Å². The van der Waals surface area contributed by atoms with Gasteiger partial charge in [0.15, 0.2) is 0 Å². The molecule has 0 radical (unpaired) electrons. The van der Waals surface area contributed by atoms with Gasteiger partial charge in [0.25, 0.3) is 5.69 Å². The minimum absolute atomic E-state index is 0.0483. The van der Waals surface area contributed by atoms with Crippen molar-refractivity contribution in [2.75, 3.05) is 12.4 Å². The van der Waals surface area contributed by atoms with Crippen molar-refractivity contribution in [2.24, 2.45) is 0 Å². The van der Waals surface area contributed by atoms with Crippen LogP contribution in [0.2, 0.25) is 0 Å². The molecular formula is C18H16N2O5. The van der Waals surface area contributed by atoms with Crippen molar-refractivity contribution in [1.29, 1.82) is 0 Å². The zero-order valence-electron chi connectivity index (χ0n) is 13.7. The topological polar surface area (TPSA) is 94.6 Å². The first-order valence-corrected chi connectivity index (χ1v) is 7.58. The van der Waals surface area contributed by atoms with Crippen LogP contribution < -0.4 is 15.7 Å². The van der Waals surface area contributed by atoms with E-state index in [-0.39, 0.29) is 5.69 Å². The van der Waals surface area contributed by atoms with Gasteiger partial charge in [0.1, 0.15) is 11.3 Å². The fourth-order valence-corrected chi connectivity index (χ4v) is 2.69. The third-order valence-corrected chi connectivity index (χ3v) is 4.01. The van der Waals surface area contributed by atoms with Crippen molar-refractivity contribution in [3.05, 3.63) is 74.1 Å². The van der Waals surface area contributed by atoms with Crippen molar-refractivity contribution in [3.8, 4) is 5.75 Å². The van der Waals surface area contributed by atoms with Crippen LogP contribution >= 0.6 is 0 Å². The van der Waals surface area contributed by atoms with Crippen LogP contribution in [0.1, 0.15) is 11.1 Å². The number of nitrogens with one attached hydrogen (secondary N) is 1. The largest absolute Gasteiger partial charge is 0.497 e. The average Bonchev–Trinajstić information content (AvgIpc) is 2.59. The Kier molecular flexibility index (Phi) is 4.38. The lowest BCUT2D eigenvalue weighted by Gasteiger charge is -2.11. The van der Waals surface area contributed by atoms with Crippen LogP contribution in [-0.4, -0.2) is 12.0 Å². The second kappa shape index (κ2) is 6.64. The molecule has 0 spiro atoms. The summed E-state index contributed by atoms with van der Waals surface area (Å²) in [5, 5.41) is 15.0. The van der Waals surface area contributed by atoms with Crippen LogP contribution in [0.3, 0.4) is 0 Å². The number of ether oxygens (including phenoxy) is 1. The van der Waals surface area contributed by atoms with Gasteiger partial charge in [-0.25, -0.2) is 4.79 Å². The number of anilines is 1. The van der Waals surface area contributed by atoms with E-state index in [2.05, 4.69) is 5.32 Å². The van der Waals surface area contributed by atoms with E-state index in [1.165, 1.54) is 19.2 Å².